The zero-order valence-corrected chi connectivity index (χ0v) is 16.8. The second-order valence-electron chi connectivity index (χ2n) is 6.90. The number of amides is 2. The van der Waals surface area contributed by atoms with Crippen LogP contribution >= 0.6 is 11.8 Å². The summed E-state index contributed by atoms with van der Waals surface area (Å²) in [6, 6.07) is 12.4. The molecule has 2 aliphatic rings. The standard InChI is InChI=1S/C21H21N3O4S/c1-29-18-7-3-2-5-14(18)22-19(25)12-28-21(27)13-8-9-16-15(11-13)23-20(26)17-6-4-10-24(16)17/h2-3,5,7-9,11,17H,4,6,10,12H2,1H3,(H,22,25)(H,23,26)/t17-/m0/s1. The third-order valence-corrected chi connectivity index (χ3v) is 5.87. The van der Waals surface area contributed by atoms with Gasteiger partial charge in [0.05, 0.1) is 22.6 Å². The molecule has 0 spiro atoms. The highest BCUT2D eigenvalue weighted by Gasteiger charge is 2.36. The number of anilines is 3. The van der Waals surface area contributed by atoms with Crippen molar-refractivity contribution in [3.8, 4) is 0 Å². The Bertz CT molecular complexity index is 978. The van der Waals surface area contributed by atoms with Crippen LogP contribution in [0.3, 0.4) is 0 Å². The number of benzene rings is 2. The van der Waals surface area contributed by atoms with Gasteiger partial charge in [-0.3, -0.25) is 9.59 Å². The van der Waals surface area contributed by atoms with Crippen LogP contribution in [0.25, 0.3) is 0 Å². The summed E-state index contributed by atoms with van der Waals surface area (Å²) in [7, 11) is 0. The van der Waals surface area contributed by atoms with E-state index in [0.29, 0.717) is 16.9 Å². The topological polar surface area (TPSA) is 87.7 Å². The highest BCUT2D eigenvalue weighted by Crippen LogP contribution is 2.37. The van der Waals surface area contributed by atoms with Gasteiger partial charge in [0.2, 0.25) is 5.91 Å². The van der Waals surface area contributed by atoms with Crippen LogP contribution in [0.1, 0.15) is 23.2 Å². The molecule has 0 aliphatic carbocycles. The first-order valence-corrected chi connectivity index (χ1v) is 10.6. The van der Waals surface area contributed by atoms with E-state index < -0.39 is 11.9 Å². The second kappa shape index (κ2) is 8.16. The molecule has 150 valence electrons. The van der Waals surface area contributed by atoms with Crippen molar-refractivity contribution in [2.24, 2.45) is 0 Å². The Labute approximate surface area is 172 Å². The van der Waals surface area contributed by atoms with Crippen molar-refractivity contribution in [2.75, 3.05) is 34.9 Å². The smallest absolute Gasteiger partial charge is 0.338 e. The van der Waals surface area contributed by atoms with Crippen LogP contribution in [0.4, 0.5) is 17.1 Å². The van der Waals surface area contributed by atoms with Crippen molar-refractivity contribution in [2.45, 2.75) is 23.8 Å². The summed E-state index contributed by atoms with van der Waals surface area (Å²) in [5, 5.41) is 5.62. The second-order valence-corrected chi connectivity index (χ2v) is 7.75. The SMILES string of the molecule is CSc1ccccc1NC(=O)COC(=O)c1ccc2c(c1)NC(=O)[C@@H]1CCCN21. The Morgan fingerprint density at radius 3 is 2.93 bits per heavy atom. The molecule has 2 N–H and O–H groups in total. The van der Waals surface area contributed by atoms with Crippen LogP contribution in [0.5, 0.6) is 0 Å². The van der Waals surface area contributed by atoms with E-state index >= 15 is 0 Å². The van der Waals surface area contributed by atoms with Crippen LogP contribution in [0.2, 0.25) is 0 Å². The van der Waals surface area contributed by atoms with Crippen LogP contribution in [0, 0.1) is 0 Å². The lowest BCUT2D eigenvalue weighted by molar-refractivity contribution is -0.119. The molecule has 2 amide bonds. The van der Waals surface area contributed by atoms with E-state index in [9.17, 15) is 14.4 Å². The van der Waals surface area contributed by atoms with Gasteiger partial charge in [0.15, 0.2) is 6.61 Å². The number of para-hydroxylation sites is 1. The Hall–Kier alpha value is -3.00. The maximum atomic E-state index is 12.4. The van der Waals surface area contributed by atoms with Crippen molar-refractivity contribution < 1.29 is 19.1 Å². The quantitative estimate of drug-likeness (QED) is 0.581. The van der Waals surface area contributed by atoms with E-state index in [2.05, 4.69) is 15.5 Å². The molecule has 8 heteroatoms. The maximum Gasteiger partial charge on any atom is 0.338 e. The van der Waals surface area contributed by atoms with Crippen LogP contribution in [-0.4, -0.2) is 43.2 Å². The number of ether oxygens (including phenoxy) is 1. The van der Waals surface area contributed by atoms with Gasteiger partial charge >= 0.3 is 5.97 Å². The summed E-state index contributed by atoms with van der Waals surface area (Å²) in [6.07, 6.45) is 3.73. The third-order valence-electron chi connectivity index (χ3n) is 5.07. The molecule has 2 aromatic rings. The normalized spacial score (nSPS) is 17.2. The highest BCUT2D eigenvalue weighted by molar-refractivity contribution is 7.98. The molecule has 0 radical (unpaired) electrons. The Morgan fingerprint density at radius 2 is 2.10 bits per heavy atom. The van der Waals surface area contributed by atoms with Crippen LogP contribution in [-0.2, 0) is 14.3 Å². The van der Waals surface area contributed by atoms with E-state index in [1.54, 1.807) is 18.2 Å². The largest absolute Gasteiger partial charge is 0.452 e. The molecule has 1 saturated heterocycles. The van der Waals surface area contributed by atoms with E-state index in [-0.39, 0.29) is 18.6 Å². The number of carbonyl (C=O) groups is 3. The number of nitrogens with zero attached hydrogens (tertiary/aromatic N) is 1. The van der Waals surface area contributed by atoms with Crippen molar-refractivity contribution in [1.29, 1.82) is 0 Å². The fraction of sp³-hybridized carbons (Fsp3) is 0.286. The minimum absolute atomic E-state index is 0.0487. The monoisotopic (exact) mass is 411 g/mol. The molecule has 0 bridgehead atoms. The van der Waals surface area contributed by atoms with E-state index in [0.717, 1.165) is 30.0 Å². The van der Waals surface area contributed by atoms with Gasteiger partial charge in [-0.05, 0) is 49.4 Å². The Kier molecular flexibility index (Phi) is 5.44. The molecule has 1 fully saturated rings. The van der Waals surface area contributed by atoms with E-state index in [4.69, 9.17) is 4.74 Å². The lowest BCUT2D eigenvalue weighted by atomic mass is 10.1. The Balaban J connectivity index is 1.40. The number of thioether (sulfide) groups is 1. The number of fused-ring (bicyclic) bond motifs is 3. The van der Waals surface area contributed by atoms with E-state index in [1.165, 1.54) is 11.8 Å². The van der Waals surface area contributed by atoms with Gasteiger partial charge in [-0.25, -0.2) is 4.79 Å². The lowest BCUT2D eigenvalue weighted by Gasteiger charge is -2.33. The van der Waals surface area contributed by atoms with Gasteiger partial charge in [0.25, 0.3) is 5.91 Å². The number of esters is 1. The predicted molar refractivity (Wildman–Crippen MR) is 113 cm³/mol. The van der Waals surface area contributed by atoms with Gasteiger partial charge < -0.3 is 20.3 Å². The molecule has 2 aromatic carbocycles. The number of rotatable bonds is 5. The fourth-order valence-corrected chi connectivity index (χ4v) is 4.26. The van der Waals surface area contributed by atoms with Crippen molar-refractivity contribution in [1.82, 2.24) is 0 Å². The molecular weight excluding hydrogens is 390 g/mol. The summed E-state index contributed by atoms with van der Waals surface area (Å²) in [5.41, 5.74) is 2.48. The third kappa shape index (κ3) is 3.93. The zero-order valence-electron chi connectivity index (χ0n) is 15.9. The minimum atomic E-state index is -0.612. The number of carbonyl (C=O) groups excluding carboxylic acids is 3. The summed E-state index contributed by atoms with van der Waals surface area (Å²) in [6.45, 7) is 0.436. The molecule has 7 nitrogen and oxygen atoms in total. The Morgan fingerprint density at radius 1 is 1.28 bits per heavy atom. The summed E-state index contributed by atoms with van der Waals surface area (Å²) >= 11 is 1.52. The molecule has 1 atom stereocenters. The average molecular weight is 411 g/mol. The number of hydrogen-bond acceptors (Lipinski definition) is 6. The number of nitrogens with one attached hydrogen (secondary N) is 2. The first kappa shape index (κ1) is 19.3. The van der Waals surface area contributed by atoms with Gasteiger partial charge in [-0.15, -0.1) is 11.8 Å². The molecule has 4 rings (SSSR count). The van der Waals surface area contributed by atoms with Crippen LogP contribution in [0.15, 0.2) is 47.4 Å². The minimum Gasteiger partial charge on any atom is -0.452 e. The predicted octanol–water partition coefficient (Wildman–Crippen LogP) is 3.12. The summed E-state index contributed by atoms with van der Waals surface area (Å²) in [4.78, 5) is 39.8. The summed E-state index contributed by atoms with van der Waals surface area (Å²) < 4.78 is 5.16. The lowest BCUT2D eigenvalue weighted by Crippen LogP contribution is -2.43. The maximum absolute atomic E-state index is 12.4. The van der Waals surface area contributed by atoms with Crippen LogP contribution < -0.4 is 15.5 Å². The first-order valence-electron chi connectivity index (χ1n) is 9.38. The average Bonchev–Trinajstić information content (AvgIpc) is 3.23. The number of hydrogen-bond donors (Lipinski definition) is 2. The molecule has 2 aliphatic heterocycles. The molecule has 0 saturated carbocycles. The van der Waals surface area contributed by atoms with Gasteiger partial charge in [-0.1, -0.05) is 12.1 Å². The first-order chi connectivity index (χ1) is 14.1. The van der Waals surface area contributed by atoms with Crippen molar-refractivity contribution >= 4 is 46.6 Å². The molecular formula is C21H21N3O4S. The van der Waals surface area contributed by atoms with E-state index in [1.807, 2.05) is 30.5 Å². The summed E-state index contributed by atoms with van der Waals surface area (Å²) in [5.74, 6) is -1.07. The zero-order chi connectivity index (χ0) is 20.4. The van der Waals surface area contributed by atoms with Crippen molar-refractivity contribution in [3.05, 3.63) is 48.0 Å². The fourth-order valence-electron chi connectivity index (χ4n) is 3.71. The molecule has 29 heavy (non-hydrogen) atoms. The van der Waals surface area contributed by atoms with Gasteiger partial charge in [0, 0.05) is 11.4 Å². The highest BCUT2D eigenvalue weighted by atomic mass is 32.2. The van der Waals surface area contributed by atoms with Gasteiger partial charge in [-0.2, -0.15) is 0 Å². The molecule has 0 aromatic heterocycles. The van der Waals surface area contributed by atoms with Gasteiger partial charge in [0.1, 0.15) is 6.04 Å². The van der Waals surface area contributed by atoms with Crippen molar-refractivity contribution in [3.63, 3.8) is 0 Å². The molecule has 0 unspecified atom stereocenters. The molecule has 2 heterocycles.